The molecule has 3 rings (SSSR count). The Labute approximate surface area is 193 Å². The Morgan fingerprint density at radius 1 is 0.969 bits per heavy atom. The monoisotopic (exact) mass is 455 g/mol. The normalized spacial score (nSPS) is 13.8. The molecule has 3 N–H and O–H groups in total. The summed E-state index contributed by atoms with van der Waals surface area (Å²) in [7, 11) is 1.61. The first-order valence-electron chi connectivity index (χ1n) is 10.8. The lowest BCUT2D eigenvalue weighted by Crippen LogP contribution is -2.36. The van der Waals surface area contributed by atoms with E-state index >= 15 is 0 Å². The second-order valence-electron chi connectivity index (χ2n) is 7.66. The summed E-state index contributed by atoms with van der Waals surface area (Å²) >= 11 is 5.27. The number of ether oxygens (including phenoxy) is 2. The maximum Gasteiger partial charge on any atom is 0.257 e. The lowest BCUT2D eigenvalue weighted by molar-refractivity contribution is 0.0926. The molecule has 0 heterocycles. The zero-order valence-electron chi connectivity index (χ0n) is 18.2. The predicted octanol–water partition coefficient (Wildman–Crippen LogP) is 3.90. The van der Waals surface area contributed by atoms with Crippen LogP contribution in [0.4, 0.5) is 5.69 Å². The van der Waals surface area contributed by atoms with E-state index in [0.29, 0.717) is 35.8 Å². The first-order valence-corrected chi connectivity index (χ1v) is 11.2. The smallest absolute Gasteiger partial charge is 0.257 e. The molecule has 8 heteroatoms. The van der Waals surface area contributed by atoms with Crippen LogP contribution in [0.1, 0.15) is 52.8 Å². The Bertz CT molecular complexity index is 927. The molecule has 1 fully saturated rings. The molecule has 0 atom stereocenters. The van der Waals surface area contributed by atoms with Crippen molar-refractivity contribution in [2.75, 3.05) is 25.6 Å². The number of anilines is 1. The van der Waals surface area contributed by atoms with Crippen molar-refractivity contribution >= 4 is 34.8 Å². The van der Waals surface area contributed by atoms with Gasteiger partial charge in [0.05, 0.1) is 6.61 Å². The third-order valence-electron chi connectivity index (χ3n) is 5.22. The first-order chi connectivity index (χ1) is 15.5. The number of nitrogens with one attached hydrogen (secondary N) is 3. The average Bonchev–Trinajstić information content (AvgIpc) is 2.80. The number of carbonyl (C=O) groups is 2. The van der Waals surface area contributed by atoms with E-state index in [1.54, 1.807) is 55.6 Å². The number of amides is 2. The van der Waals surface area contributed by atoms with Gasteiger partial charge in [0.1, 0.15) is 12.4 Å². The van der Waals surface area contributed by atoms with Gasteiger partial charge in [-0.3, -0.25) is 14.9 Å². The van der Waals surface area contributed by atoms with Crippen molar-refractivity contribution in [3.8, 4) is 5.75 Å². The molecule has 0 radical (unpaired) electrons. The fourth-order valence-electron chi connectivity index (χ4n) is 3.54. The zero-order valence-corrected chi connectivity index (χ0v) is 19.0. The van der Waals surface area contributed by atoms with Crippen LogP contribution in [0.5, 0.6) is 5.75 Å². The Hall–Kier alpha value is -2.97. The van der Waals surface area contributed by atoms with Gasteiger partial charge in [-0.2, -0.15) is 0 Å². The van der Waals surface area contributed by atoms with Gasteiger partial charge in [-0.15, -0.1) is 0 Å². The molecule has 0 spiro atoms. The van der Waals surface area contributed by atoms with Crippen LogP contribution in [0.2, 0.25) is 0 Å². The number of thiocarbonyl (C=S) groups is 1. The Morgan fingerprint density at radius 3 is 2.44 bits per heavy atom. The number of hydrogen-bond acceptors (Lipinski definition) is 5. The zero-order chi connectivity index (χ0) is 22.8. The van der Waals surface area contributed by atoms with E-state index < -0.39 is 0 Å². The summed E-state index contributed by atoms with van der Waals surface area (Å²) in [6.45, 7) is 0.930. The van der Waals surface area contributed by atoms with Crippen molar-refractivity contribution in [1.29, 1.82) is 0 Å². The fourth-order valence-corrected chi connectivity index (χ4v) is 3.75. The van der Waals surface area contributed by atoms with Gasteiger partial charge in [0.2, 0.25) is 0 Å². The third kappa shape index (κ3) is 7.32. The van der Waals surface area contributed by atoms with Gasteiger partial charge in [-0.1, -0.05) is 25.3 Å². The van der Waals surface area contributed by atoms with Gasteiger partial charge >= 0.3 is 0 Å². The minimum absolute atomic E-state index is 0.0942. The molecule has 32 heavy (non-hydrogen) atoms. The third-order valence-corrected chi connectivity index (χ3v) is 5.43. The summed E-state index contributed by atoms with van der Waals surface area (Å²) in [6.07, 6.45) is 5.61. The number of carbonyl (C=O) groups excluding carboxylic acids is 2. The minimum Gasteiger partial charge on any atom is -0.491 e. The van der Waals surface area contributed by atoms with Crippen LogP contribution >= 0.6 is 12.2 Å². The highest BCUT2D eigenvalue weighted by Gasteiger charge is 2.17. The van der Waals surface area contributed by atoms with Crippen molar-refractivity contribution in [3.05, 3.63) is 59.7 Å². The van der Waals surface area contributed by atoms with Gasteiger partial charge in [0.15, 0.2) is 5.11 Å². The van der Waals surface area contributed by atoms with Gasteiger partial charge in [-0.25, -0.2) is 0 Å². The summed E-state index contributed by atoms with van der Waals surface area (Å²) in [4.78, 5) is 25.0. The number of benzene rings is 2. The van der Waals surface area contributed by atoms with Crippen molar-refractivity contribution in [1.82, 2.24) is 10.6 Å². The molecule has 1 aliphatic rings. The van der Waals surface area contributed by atoms with Crippen LogP contribution in [0.3, 0.4) is 0 Å². The van der Waals surface area contributed by atoms with Crippen LogP contribution in [0.15, 0.2) is 48.5 Å². The lowest BCUT2D eigenvalue weighted by atomic mass is 9.95. The van der Waals surface area contributed by atoms with Crippen LogP contribution in [0, 0.1) is 0 Å². The van der Waals surface area contributed by atoms with Gasteiger partial charge in [0, 0.05) is 30.0 Å². The van der Waals surface area contributed by atoms with E-state index in [1.807, 2.05) is 0 Å². The van der Waals surface area contributed by atoms with E-state index in [4.69, 9.17) is 21.7 Å². The summed E-state index contributed by atoms with van der Waals surface area (Å²) in [5.41, 5.74) is 1.64. The Balaban J connectivity index is 1.51. The van der Waals surface area contributed by atoms with E-state index in [1.165, 1.54) is 6.42 Å². The SMILES string of the molecule is COCCOc1ccc(C(=O)NC(=S)Nc2cccc(C(=O)NC3CCCCC3)c2)cc1. The summed E-state index contributed by atoms with van der Waals surface area (Å²) in [6, 6.07) is 14.1. The Kier molecular flexibility index (Phi) is 9.01. The molecule has 1 saturated carbocycles. The summed E-state index contributed by atoms with van der Waals surface area (Å²) < 4.78 is 10.4. The standard InChI is InChI=1S/C24H29N3O4S/c1-30-14-15-31-21-12-10-17(11-13-21)22(28)27-24(32)26-20-9-5-6-18(16-20)23(29)25-19-7-3-2-4-8-19/h5-6,9-13,16,19H,2-4,7-8,14-15H2,1H3,(H,25,29)(H2,26,27,28,32). The van der Waals surface area contributed by atoms with E-state index in [-0.39, 0.29) is 23.0 Å². The molecular formula is C24H29N3O4S. The molecule has 1 aliphatic carbocycles. The molecule has 7 nitrogen and oxygen atoms in total. The molecule has 2 amide bonds. The minimum atomic E-state index is -0.336. The number of rotatable bonds is 8. The van der Waals surface area contributed by atoms with Crippen molar-refractivity contribution in [3.63, 3.8) is 0 Å². The highest BCUT2D eigenvalue weighted by atomic mass is 32.1. The largest absolute Gasteiger partial charge is 0.491 e. The van der Waals surface area contributed by atoms with Crippen molar-refractivity contribution in [2.45, 2.75) is 38.1 Å². The van der Waals surface area contributed by atoms with E-state index in [9.17, 15) is 9.59 Å². The van der Waals surface area contributed by atoms with Crippen molar-refractivity contribution < 1.29 is 19.1 Å². The van der Waals surface area contributed by atoms with Crippen LogP contribution < -0.4 is 20.7 Å². The van der Waals surface area contributed by atoms with E-state index in [0.717, 1.165) is 25.7 Å². The average molecular weight is 456 g/mol. The van der Waals surface area contributed by atoms with Gasteiger partial charge in [0.25, 0.3) is 11.8 Å². The molecule has 0 aromatic heterocycles. The van der Waals surface area contributed by atoms with Crippen LogP contribution in [-0.2, 0) is 4.74 Å². The summed E-state index contributed by atoms with van der Waals surface area (Å²) in [5, 5.41) is 8.88. The molecule has 170 valence electrons. The molecule has 0 aliphatic heterocycles. The van der Waals surface area contributed by atoms with Gasteiger partial charge in [-0.05, 0) is 67.5 Å². The topological polar surface area (TPSA) is 88.7 Å². The fraction of sp³-hybridized carbons (Fsp3) is 0.375. The first kappa shape index (κ1) is 23.7. The summed E-state index contributed by atoms with van der Waals surface area (Å²) in [5.74, 6) is 0.225. The van der Waals surface area contributed by atoms with E-state index in [2.05, 4.69) is 16.0 Å². The van der Waals surface area contributed by atoms with Crippen LogP contribution in [0.25, 0.3) is 0 Å². The van der Waals surface area contributed by atoms with Crippen molar-refractivity contribution in [2.24, 2.45) is 0 Å². The molecule has 0 bridgehead atoms. The second kappa shape index (κ2) is 12.2. The highest BCUT2D eigenvalue weighted by molar-refractivity contribution is 7.80. The maximum atomic E-state index is 12.6. The predicted molar refractivity (Wildman–Crippen MR) is 128 cm³/mol. The number of methoxy groups -OCH3 is 1. The second-order valence-corrected chi connectivity index (χ2v) is 8.07. The van der Waals surface area contributed by atoms with Crippen LogP contribution in [-0.4, -0.2) is 43.3 Å². The number of hydrogen-bond donors (Lipinski definition) is 3. The highest BCUT2D eigenvalue weighted by Crippen LogP contribution is 2.18. The Morgan fingerprint density at radius 2 is 1.72 bits per heavy atom. The lowest BCUT2D eigenvalue weighted by Gasteiger charge is -2.22. The molecule has 2 aromatic rings. The molecular weight excluding hydrogens is 426 g/mol. The maximum absolute atomic E-state index is 12.6. The molecule has 2 aromatic carbocycles. The molecule has 0 unspecified atom stereocenters. The molecule has 0 saturated heterocycles. The van der Waals surface area contributed by atoms with Gasteiger partial charge < -0.3 is 20.1 Å². The quantitative estimate of drug-likeness (QED) is 0.413.